The van der Waals surface area contributed by atoms with E-state index in [1.165, 1.54) is 24.3 Å². The fourth-order valence-electron chi connectivity index (χ4n) is 3.10. The molecule has 1 atom stereocenters. The van der Waals surface area contributed by atoms with Gasteiger partial charge in [-0.15, -0.1) is 0 Å². The van der Waals surface area contributed by atoms with Crippen LogP contribution >= 0.6 is 11.6 Å². The molecule has 0 aliphatic carbocycles. The minimum Gasteiger partial charge on any atom is -0.452 e. The first kappa shape index (κ1) is 22.4. The second-order valence-corrected chi connectivity index (χ2v) is 9.31. The summed E-state index contributed by atoms with van der Waals surface area (Å²) >= 11 is 5.86. The molecule has 1 aliphatic heterocycles. The van der Waals surface area contributed by atoms with Gasteiger partial charge in [-0.3, -0.25) is 0 Å². The van der Waals surface area contributed by atoms with Crippen LogP contribution in [0, 0.1) is 0 Å². The van der Waals surface area contributed by atoms with Crippen molar-refractivity contribution in [3.63, 3.8) is 0 Å². The van der Waals surface area contributed by atoms with Crippen LogP contribution in [0.4, 0.5) is 0 Å². The van der Waals surface area contributed by atoms with E-state index in [0.717, 1.165) is 12.8 Å². The second kappa shape index (κ2) is 9.78. The number of sulfonamides is 1. The number of halogens is 1. The third-order valence-electron chi connectivity index (χ3n) is 4.82. The summed E-state index contributed by atoms with van der Waals surface area (Å²) < 4.78 is 43.0. The number of hydrogen-bond donors (Lipinski definition) is 1. The molecule has 1 saturated heterocycles. The fourth-order valence-corrected chi connectivity index (χ4v) is 4.29. The highest BCUT2D eigenvalue weighted by atomic mass is 35.5. The van der Waals surface area contributed by atoms with Crippen molar-refractivity contribution in [3.8, 4) is 11.4 Å². The lowest BCUT2D eigenvalue weighted by atomic mass is 10.2. The standard InChI is InChI=1S/C21H20ClN3O6S/c22-16-7-3-14(4-8-16)20-24-19(31-25-20)13-30-21(26)15-5-9-18(10-6-15)32(27,28)23-12-17-2-1-11-29-17/h3-10,17,23H,1-2,11-13H2. The van der Waals surface area contributed by atoms with Gasteiger partial charge >= 0.3 is 5.97 Å². The van der Waals surface area contributed by atoms with Gasteiger partial charge in [0, 0.05) is 23.7 Å². The van der Waals surface area contributed by atoms with Crippen LogP contribution in [0.1, 0.15) is 29.1 Å². The van der Waals surface area contributed by atoms with Crippen LogP contribution in [0.5, 0.6) is 0 Å². The van der Waals surface area contributed by atoms with Crippen LogP contribution < -0.4 is 4.72 Å². The fraction of sp³-hybridized carbons (Fsp3) is 0.286. The second-order valence-electron chi connectivity index (χ2n) is 7.11. The minimum absolute atomic E-state index is 0.0524. The van der Waals surface area contributed by atoms with E-state index < -0.39 is 16.0 Å². The van der Waals surface area contributed by atoms with E-state index in [4.69, 9.17) is 25.6 Å². The summed E-state index contributed by atoms with van der Waals surface area (Å²) in [6.45, 7) is 0.645. The predicted octanol–water partition coefficient (Wildman–Crippen LogP) is 3.20. The molecule has 0 spiro atoms. The molecule has 32 heavy (non-hydrogen) atoms. The lowest BCUT2D eigenvalue weighted by Gasteiger charge is -2.11. The van der Waals surface area contributed by atoms with E-state index >= 15 is 0 Å². The SMILES string of the molecule is O=C(OCc1nc(-c2ccc(Cl)cc2)no1)c1ccc(S(=O)(=O)NCC2CCCO2)cc1. The average Bonchev–Trinajstić information content (AvgIpc) is 3.49. The van der Waals surface area contributed by atoms with Crippen LogP contribution in [0.3, 0.4) is 0 Å². The van der Waals surface area contributed by atoms with Gasteiger partial charge in [-0.25, -0.2) is 17.9 Å². The van der Waals surface area contributed by atoms with E-state index in [1.54, 1.807) is 24.3 Å². The number of ether oxygens (including phenoxy) is 2. The van der Waals surface area contributed by atoms with Crippen molar-refractivity contribution in [2.45, 2.75) is 30.4 Å². The van der Waals surface area contributed by atoms with Crippen molar-refractivity contribution in [2.75, 3.05) is 13.2 Å². The number of carbonyl (C=O) groups is 1. The van der Waals surface area contributed by atoms with Crippen LogP contribution in [0.25, 0.3) is 11.4 Å². The van der Waals surface area contributed by atoms with Crippen LogP contribution in [0.2, 0.25) is 5.02 Å². The van der Waals surface area contributed by atoms with E-state index in [9.17, 15) is 13.2 Å². The number of benzene rings is 2. The summed E-state index contributed by atoms with van der Waals surface area (Å²) in [6.07, 6.45) is 1.65. The lowest BCUT2D eigenvalue weighted by Crippen LogP contribution is -2.31. The van der Waals surface area contributed by atoms with Gasteiger partial charge in [-0.1, -0.05) is 16.8 Å². The Morgan fingerprint density at radius 2 is 1.91 bits per heavy atom. The minimum atomic E-state index is -3.70. The maximum Gasteiger partial charge on any atom is 0.338 e. The van der Waals surface area contributed by atoms with Gasteiger partial charge in [0.15, 0.2) is 6.61 Å². The maximum absolute atomic E-state index is 12.4. The summed E-state index contributed by atoms with van der Waals surface area (Å²) in [5.41, 5.74) is 0.904. The van der Waals surface area contributed by atoms with E-state index in [-0.39, 0.29) is 35.6 Å². The third kappa shape index (κ3) is 5.52. The summed E-state index contributed by atoms with van der Waals surface area (Å²) in [4.78, 5) is 16.5. The van der Waals surface area contributed by atoms with E-state index in [2.05, 4.69) is 14.9 Å². The number of nitrogens with zero attached hydrogens (tertiary/aromatic N) is 2. The summed E-state index contributed by atoms with van der Waals surface area (Å²) in [7, 11) is -3.70. The number of aromatic nitrogens is 2. The highest BCUT2D eigenvalue weighted by Crippen LogP contribution is 2.19. The molecule has 2 heterocycles. The normalized spacial score (nSPS) is 16.2. The molecule has 3 aromatic rings. The Morgan fingerprint density at radius 3 is 2.59 bits per heavy atom. The van der Waals surface area contributed by atoms with Crippen molar-refractivity contribution >= 4 is 27.6 Å². The molecule has 1 N–H and O–H groups in total. The summed E-state index contributed by atoms with van der Waals surface area (Å²) in [6, 6.07) is 12.4. The molecule has 0 radical (unpaired) electrons. The molecule has 11 heteroatoms. The Kier molecular flexibility index (Phi) is 6.85. The van der Waals surface area contributed by atoms with Crippen molar-refractivity contribution < 1.29 is 27.2 Å². The molecular formula is C21H20ClN3O6S. The number of rotatable bonds is 8. The molecule has 4 rings (SSSR count). The molecule has 0 saturated carbocycles. The smallest absolute Gasteiger partial charge is 0.338 e. The summed E-state index contributed by atoms with van der Waals surface area (Å²) in [5, 5.41) is 4.44. The van der Waals surface area contributed by atoms with Gasteiger partial charge in [0.25, 0.3) is 5.89 Å². The first-order valence-corrected chi connectivity index (χ1v) is 11.7. The van der Waals surface area contributed by atoms with Gasteiger partial charge < -0.3 is 14.0 Å². The van der Waals surface area contributed by atoms with E-state index in [0.29, 0.717) is 23.0 Å². The van der Waals surface area contributed by atoms with Crippen LogP contribution in [-0.4, -0.2) is 43.8 Å². The first-order chi connectivity index (χ1) is 15.4. The molecule has 0 amide bonds. The Morgan fingerprint density at radius 1 is 1.16 bits per heavy atom. The number of hydrogen-bond acceptors (Lipinski definition) is 8. The molecular weight excluding hydrogens is 458 g/mol. The molecule has 1 aliphatic rings. The Bertz CT molecular complexity index is 1170. The predicted molar refractivity (Wildman–Crippen MR) is 114 cm³/mol. The van der Waals surface area contributed by atoms with Crippen molar-refractivity contribution in [3.05, 3.63) is 65.0 Å². The molecule has 1 fully saturated rings. The Balaban J connectivity index is 1.32. The van der Waals surface area contributed by atoms with Crippen LogP contribution in [-0.2, 0) is 26.1 Å². The quantitative estimate of drug-likeness (QED) is 0.491. The number of carbonyl (C=O) groups excluding carboxylic acids is 1. The number of esters is 1. The summed E-state index contributed by atoms with van der Waals surface area (Å²) in [5.74, 6) is -0.175. The Labute approximate surface area is 189 Å². The molecule has 0 bridgehead atoms. The molecule has 1 aromatic heterocycles. The highest BCUT2D eigenvalue weighted by Gasteiger charge is 2.21. The highest BCUT2D eigenvalue weighted by molar-refractivity contribution is 7.89. The molecule has 168 valence electrons. The van der Waals surface area contributed by atoms with Crippen molar-refractivity contribution in [1.29, 1.82) is 0 Å². The average molecular weight is 478 g/mol. The largest absolute Gasteiger partial charge is 0.452 e. The van der Waals surface area contributed by atoms with Crippen molar-refractivity contribution in [2.24, 2.45) is 0 Å². The van der Waals surface area contributed by atoms with Crippen molar-refractivity contribution in [1.82, 2.24) is 14.9 Å². The van der Waals surface area contributed by atoms with Gasteiger partial charge in [0.2, 0.25) is 15.8 Å². The van der Waals surface area contributed by atoms with Crippen LogP contribution in [0.15, 0.2) is 57.9 Å². The van der Waals surface area contributed by atoms with Gasteiger partial charge in [0.05, 0.1) is 16.6 Å². The lowest BCUT2D eigenvalue weighted by molar-refractivity contribution is 0.0429. The third-order valence-corrected chi connectivity index (χ3v) is 6.51. The molecule has 1 unspecified atom stereocenters. The molecule has 2 aromatic carbocycles. The zero-order valence-corrected chi connectivity index (χ0v) is 18.4. The van der Waals surface area contributed by atoms with Gasteiger partial charge in [-0.05, 0) is 61.4 Å². The zero-order valence-electron chi connectivity index (χ0n) is 16.9. The van der Waals surface area contributed by atoms with Gasteiger partial charge in [0.1, 0.15) is 0 Å². The first-order valence-electron chi connectivity index (χ1n) is 9.88. The molecule has 9 nitrogen and oxygen atoms in total. The maximum atomic E-state index is 12.4. The number of nitrogens with one attached hydrogen (secondary N) is 1. The zero-order chi connectivity index (χ0) is 22.6. The monoisotopic (exact) mass is 477 g/mol. The Hall–Kier alpha value is -2.79. The topological polar surface area (TPSA) is 121 Å². The van der Waals surface area contributed by atoms with E-state index in [1.807, 2.05) is 0 Å². The van der Waals surface area contributed by atoms with Gasteiger partial charge in [-0.2, -0.15) is 4.98 Å².